The maximum atomic E-state index is 12.4. The molecular formula is C16H26ClNO2S. The minimum atomic E-state index is -3.36. The Morgan fingerprint density at radius 1 is 1.19 bits per heavy atom. The van der Waals surface area contributed by atoms with Crippen molar-refractivity contribution in [1.29, 1.82) is 0 Å². The van der Waals surface area contributed by atoms with E-state index in [4.69, 9.17) is 11.6 Å². The van der Waals surface area contributed by atoms with Crippen molar-refractivity contribution in [3.05, 3.63) is 34.9 Å². The van der Waals surface area contributed by atoms with Crippen LogP contribution in [0.25, 0.3) is 0 Å². The number of hydrogen-bond donors (Lipinski definition) is 1. The third kappa shape index (κ3) is 6.81. The summed E-state index contributed by atoms with van der Waals surface area (Å²) in [7, 11) is -3.36. The standard InChI is InChI=1S/C16H26ClNO2S/c1-12(2)10-13(14-8-6-7-9-15(14)17)11-21(19,20)18-16(3,4)5/h6-9,12-13,18H,10-11H2,1-5H3/t13-/m1/s1. The molecular weight excluding hydrogens is 306 g/mol. The van der Waals surface area contributed by atoms with E-state index in [2.05, 4.69) is 18.6 Å². The molecule has 21 heavy (non-hydrogen) atoms. The van der Waals surface area contributed by atoms with E-state index in [1.54, 1.807) is 0 Å². The Hall–Kier alpha value is -0.580. The molecule has 3 nitrogen and oxygen atoms in total. The Labute approximate surface area is 134 Å². The lowest BCUT2D eigenvalue weighted by molar-refractivity contribution is 0.478. The molecule has 1 aromatic rings. The zero-order valence-electron chi connectivity index (χ0n) is 13.5. The van der Waals surface area contributed by atoms with Crippen molar-refractivity contribution in [3.8, 4) is 0 Å². The van der Waals surface area contributed by atoms with Crippen LogP contribution in [0.3, 0.4) is 0 Å². The maximum absolute atomic E-state index is 12.4. The normalized spacial score (nSPS) is 14.4. The summed E-state index contributed by atoms with van der Waals surface area (Å²) in [4.78, 5) is 0. The molecule has 1 N–H and O–H groups in total. The summed E-state index contributed by atoms with van der Waals surface area (Å²) in [6, 6.07) is 7.49. The van der Waals surface area contributed by atoms with E-state index in [9.17, 15) is 8.42 Å². The van der Waals surface area contributed by atoms with Crippen LogP contribution in [0.15, 0.2) is 24.3 Å². The molecule has 0 fully saturated rings. The fraction of sp³-hybridized carbons (Fsp3) is 0.625. The van der Waals surface area contributed by atoms with E-state index in [0.717, 1.165) is 12.0 Å². The molecule has 0 saturated carbocycles. The molecule has 0 heterocycles. The number of benzene rings is 1. The number of halogens is 1. The van der Waals surface area contributed by atoms with Gasteiger partial charge in [0.1, 0.15) is 0 Å². The van der Waals surface area contributed by atoms with Crippen LogP contribution in [-0.2, 0) is 10.0 Å². The highest BCUT2D eigenvalue weighted by molar-refractivity contribution is 7.89. The third-order valence-electron chi connectivity index (χ3n) is 2.98. The first-order valence-corrected chi connectivity index (χ1v) is 9.29. The van der Waals surface area contributed by atoms with Gasteiger partial charge in [0.05, 0.1) is 5.75 Å². The number of hydrogen-bond acceptors (Lipinski definition) is 2. The topological polar surface area (TPSA) is 46.2 Å². The Bertz CT molecular complexity index is 562. The van der Waals surface area contributed by atoms with Crippen LogP contribution in [0, 0.1) is 5.92 Å². The van der Waals surface area contributed by atoms with Crippen molar-refractivity contribution in [2.45, 2.75) is 52.5 Å². The van der Waals surface area contributed by atoms with Crippen molar-refractivity contribution in [3.63, 3.8) is 0 Å². The summed E-state index contributed by atoms with van der Waals surface area (Å²) in [5, 5.41) is 0.633. The second-order valence-corrected chi connectivity index (χ2v) is 9.16. The molecule has 1 rings (SSSR count). The van der Waals surface area contributed by atoms with Gasteiger partial charge in [-0.15, -0.1) is 0 Å². The van der Waals surface area contributed by atoms with Gasteiger partial charge in [0, 0.05) is 16.5 Å². The summed E-state index contributed by atoms with van der Waals surface area (Å²) < 4.78 is 27.5. The van der Waals surface area contributed by atoms with Crippen LogP contribution >= 0.6 is 11.6 Å². The first-order valence-electron chi connectivity index (χ1n) is 7.26. The van der Waals surface area contributed by atoms with E-state index in [1.807, 2.05) is 45.0 Å². The van der Waals surface area contributed by atoms with Crippen LogP contribution < -0.4 is 4.72 Å². The van der Waals surface area contributed by atoms with Crippen LogP contribution in [0.2, 0.25) is 5.02 Å². The zero-order chi connectivity index (χ0) is 16.3. The fourth-order valence-corrected chi connectivity index (χ4v) is 4.58. The summed E-state index contributed by atoms with van der Waals surface area (Å²) >= 11 is 6.25. The van der Waals surface area contributed by atoms with E-state index < -0.39 is 15.6 Å². The fourth-order valence-electron chi connectivity index (χ4n) is 2.43. The molecule has 0 spiro atoms. The van der Waals surface area contributed by atoms with Gasteiger partial charge in [0.15, 0.2) is 0 Å². The zero-order valence-corrected chi connectivity index (χ0v) is 15.1. The first kappa shape index (κ1) is 18.5. The summed E-state index contributed by atoms with van der Waals surface area (Å²) in [6.07, 6.45) is 0.786. The van der Waals surface area contributed by atoms with Gasteiger partial charge in [-0.2, -0.15) is 0 Å². The van der Waals surface area contributed by atoms with Gasteiger partial charge in [-0.1, -0.05) is 43.6 Å². The molecule has 0 aliphatic heterocycles. The first-order chi connectivity index (χ1) is 9.50. The van der Waals surface area contributed by atoms with Gasteiger partial charge in [-0.25, -0.2) is 13.1 Å². The predicted molar refractivity (Wildman–Crippen MR) is 90.3 cm³/mol. The van der Waals surface area contributed by atoms with Gasteiger partial charge in [-0.3, -0.25) is 0 Å². The summed E-state index contributed by atoms with van der Waals surface area (Å²) in [6.45, 7) is 9.72. The van der Waals surface area contributed by atoms with Crippen LogP contribution in [0.5, 0.6) is 0 Å². The minimum absolute atomic E-state index is 0.0617. The monoisotopic (exact) mass is 331 g/mol. The molecule has 1 atom stereocenters. The van der Waals surface area contributed by atoms with E-state index in [1.165, 1.54) is 0 Å². The Morgan fingerprint density at radius 2 is 1.76 bits per heavy atom. The van der Waals surface area contributed by atoms with Gasteiger partial charge in [0.2, 0.25) is 10.0 Å². The van der Waals surface area contributed by atoms with Crippen LogP contribution in [0.4, 0.5) is 0 Å². The molecule has 0 bridgehead atoms. The average Bonchev–Trinajstić information content (AvgIpc) is 2.24. The maximum Gasteiger partial charge on any atom is 0.212 e. The average molecular weight is 332 g/mol. The highest BCUT2D eigenvalue weighted by atomic mass is 35.5. The van der Waals surface area contributed by atoms with Crippen LogP contribution in [0.1, 0.15) is 52.5 Å². The largest absolute Gasteiger partial charge is 0.212 e. The lowest BCUT2D eigenvalue weighted by Gasteiger charge is -2.25. The molecule has 0 radical (unpaired) electrons. The SMILES string of the molecule is CC(C)C[C@H](CS(=O)(=O)NC(C)(C)C)c1ccccc1Cl. The van der Waals surface area contributed by atoms with E-state index in [0.29, 0.717) is 10.9 Å². The van der Waals surface area contributed by atoms with Crippen molar-refractivity contribution < 1.29 is 8.42 Å². The van der Waals surface area contributed by atoms with E-state index >= 15 is 0 Å². The number of rotatable bonds is 6. The van der Waals surface area contributed by atoms with Crippen molar-refractivity contribution in [2.75, 3.05) is 5.75 Å². The molecule has 0 saturated heterocycles. The lowest BCUT2D eigenvalue weighted by Crippen LogP contribution is -2.42. The second kappa shape index (κ2) is 7.12. The third-order valence-corrected chi connectivity index (χ3v) is 5.09. The quantitative estimate of drug-likeness (QED) is 0.849. The molecule has 0 aliphatic rings. The molecule has 0 aliphatic carbocycles. The van der Waals surface area contributed by atoms with Crippen molar-refractivity contribution in [1.82, 2.24) is 4.72 Å². The molecule has 120 valence electrons. The molecule has 0 amide bonds. The van der Waals surface area contributed by atoms with Crippen LogP contribution in [-0.4, -0.2) is 19.7 Å². The van der Waals surface area contributed by atoms with E-state index in [-0.39, 0.29) is 11.7 Å². The Balaban J connectivity index is 3.03. The highest BCUT2D eigenvalue weighted by Gasteiger charge is 2.26. The van der Waals surface area contributed by atoms with Gasteiger partial charge >= 0.3 is 0 Å². The van der Waals surface area contributed by atoms with Gasteiger partial charge in [0.25, 0.3) is 0 Å². The minimum Gasteiger partial charge on any atom is -0.212 e. The smallest absolute Gasteiger partial charge is 0.212 e. The molecule has 0 unspecified atom stereocenters. The summed E-state index contributed by atoms with van der Waals surface area (Å²) in [5.41, 5.74) is 0.439. The molecule has 0 aromatic heterocycles. The summed E-state index contributed by atoms with van der Waals surface area (Å²) in [5.74, 6) is 0.362. The molecule has 5 heteroatoms. The van der Waals surface area contributed by atoms with Gasteiger partial charge < -0.3 is 0 Å². The lowest BCUT2D eigenvalue weighted by atomic mass is 9.92. The van der Waals surface area contributed by atoms with Crippen molar-refractivity contribution in [2.24, 2.45) is 5.92 Å². The number of nitrogens with one attached hydrogen (secondary N) is 1. The second-order valence-electron chi connectivity index (χ2n) is 6.98. The van der Waals surface area contributed by atoms with Crippen molar-refractivity contribution >= 4 is 21.6 Å². The highest BCUT2D eigenvalue weighted by Crippen LogP contribution is 2.30. The Morgan fingerprint density at radius 3 is 2.24 bits per heavy atom. The molecule has 1 aromatic carbocycles. The van der Waals surface area contributed by atoms with Gasteiger partial charge in [-0.05, 0) is 44.7 Å². The Kier molecular flexibility index (Phi) is 6.26. The number of sulfonamides is 1. The predicted octanol–water partition coefficient (Wildman–Crippen LogP) is 4.19.